The van der Waals surface area contributed by atoms with Crippen LogP contribution in [0.5, 0.6) is 17.2 Å². The third-order valence-electron chi connectivity index (χ3n) is 5.32. The van der Waals surface area contributed by atoms with E-state index in [1.54, 1.807) is 68.3 Å². The standard InChI is InChI=1S/C25H24N2O5S/c1-30-19-10-6-16(7-11-19)24(29)26-18-8-4-17(5-9-18)25-27(23(28)15-33-25)21-13-12-20(31-2)14-22(21)32-3/h4-14,25H,15H2,1-3H3,(H,26,29)/t25-/m0/s1. The molecule has 0 bridgehead atoms. The molecule has 1 N–H and O–H groups in total. The largest absolute Gasteiger partial charge is 0.497 e. The molecule has 1 aliphatic rings. The number of nitrogens with one attached hydrogen (secondary N) is 1. The second-order valence-corrected chi connectivity index (χ2v) is 8.34. The molecular formula is C25H24N2O5S. The molecular weight excluding hydrogens is 440 g/mol. The summed E-state index contributed by atoms with van der Waals surface area (Å²) in [5.74, 6) is 2.08. The Morgan fingerprint density at radius 3 is 2.21 bits per heavy atom. The number of ether oxygens (including phenoxy) is 3. The lowest BCUT2D eigenvalue weighted by molar-refractivity contribution is -0.115. The van der Waals surface area contributed by atoms with E-state index in [-0.39, 0.29) is 17.2 Å². The number of amides is 2. The summed E-state index contributed by atoms with van der Waals surface area (Å²) in [5, 5.41) is 2.69. The van der Waals surface area contributed by atoms with Gasteiger partial charge >= 0.3 is 0 Å². The van der Waals surface area contributed by atoms with Crippen molar-refractivity contribution in [2.45, 2.75) is 5.37 Å². The van der Waals surface area contributed by atoms with Crippen molar-refractivity contribution in [2.75, 3.05) is 37.3 Å². The van der Waals surface area contributed by atoms with Crippen LogP contribution in [0.25, 0.3) is 0 Å². The van der Waals surface area contributed by atoms with E-state index in [2.05, 4.69) is 5.32 Å². The summed E-state index contributed by atoms with van der Waals surface area (Å²) in [4.78, 5) is 27.0. The fraction of sp³-hybridized carbons (Fsp3) is 0.200. The van der Waals surface area contributed by atoms with Gasteiger partial charge in [-0.25, -0.2) is 0 Å². The highest BCUT2D eigenvalue weighted by molar-refractivity contribution is 8.00. The lowest BCUT2D eigenvalue weighted by atomic mass is 10.1. The van der Waals surface area contributed by atoms with Gasteiger partial charge in [-0.05, 0) is 54.1 Å². The Labute approximate surface area is 196 Å². The molecule has 1 saturated heterocycles. The Bertz CT molecular complexity index is 1150. The van der Waals surface area contributed by atoms with E-state index < -0.39 is 0 Å². The molecule has 1 fully saturated rings. The minimum absolute atomic E-state index is 0.00496. The highest BCUT2D eigenvalue weighted by Crippen LogP contribution is 2.45. The van der Waals surface area contributed by atoms with Gasteiger partial charge in [-0.15, -0.1) is 11.8 Å². The zero-order valence-electron chi connectivity index (χ0n) is 18.5. The average molecular weight is 465 g/mol. The first-order valence-corrected chi connectivity index (χ1v) is 11.3. The van der Waals surface area contributed by atoms with Gasteiger partial charge < -0.3 is 19.5 Å². The Hall–Kier alpha value is -3.65. The van der Waals surface area contributed by atoms with Gasteiger partial charge in [-0.3, -0.25) is 14.5 Å². The number of thioether (sulfide) groups is 1. The normalized spacial score (nSPS) is 15.3. The maximum atomic E-state index is 12.7. The molecule has 0 saturated carbocycles. The predicted molar refractivity (Wildman–Crippen MR) is 130 cm³/mol. The molecule has 0 spiro atoms. The molecule has 170 valence electrons. The van der Waals surface area contributed by atoms with E-state index in [4.69, 9.17) is 14.2 Å². The van der Waals surface area contributed by atoms with Crippen molar-refractivity contribution in [3.05, 3.63) is 77.9 Å². The highest BCUT2D eigenvalue weighted by atomic mass is 32.2. The van der Waals surface area contributed by atoms with Gasteiger partial charge in [0.2, 0.25) is 5.91 Å². The summed E-state index contributed by atoms with van der Waals surface area (Å²) in [5.41, 5.74) is 2.85. The van der Waals surface area contributed by atoms with Gasteiger partial charge in [0, 0.05) is 17.3 Å². The first-order valence-electron chi connectivity index (χ1n) is 10.2. The van der Waals surface area contributed by atoms with Crippen LogP contribution < -0.4 is 24.4 Å². The van der Waals surface area contributed by atoms with Crippen LogP contribution in [0.3, 0.4) is 0 Å². The Morgan fingerprint density at radius 1 is 0.909 bits per heavy atom. The Kier molecular flexibility index (Phi) is 6.74. The van der Waals surface area contributed by atoms with Crippen LogP contribution in [0.15, 0.2) is 66.7 Å². The molecule has 3 aromatic carbocycles. The fourth-order valence-electron chi connectivity index (χ4n) is 3.59. The molecule has 2 amide bonds. The number of nitrogens with zero attached hydrogens (tertiary/aromatic N) is 1. The average Bonchev–Trinajstić information content (AvgIpc) is 3.25. The molecule has 7 nitrogen and oxygen atoms in total. The van der Waals surface area contributed by atoms with Crippen molar-refractivity contribution < 1.29 is 23.8 Å². The first kappa shape index (κ1) is 22.5. The number of carbonyl (C=O) groups is 2. The quantitative estimate of drug-likeness (QED) is 0.544. The van der Waals surface area contributed by atoms with Crippen molar-refractivity contribution in [1.29, 1.82) is 0 Å². The fourth-order valence-corrected chi connectivity index (χ4v) is 4.76. The van der Waals surface area contributed by atoms with Crippen molar-refractivity contribution in [3.8, 4) is 17.2 Å². The van der Waals surface area contributed by atoms with Gasteiger partial charge in [0.1, 0.15) is 22.6 Å². The van der Waals surface area contributed by atoms with Gasteiger partial charge in [-0.2, -0.15) is 0 Å². The summed E-state index contributed by atoms with van der Waals surface area (Å²) in [7, 11) is 4.74. The summed E-state index contributed by atoms with van der Waals surface area (Å²) >= 11 is 1.55. The summed E-state index contributed by atoms with van der Waals surface area (Å²) in [6.07, 6.45) is 0. The second kappa shape index (κ2) is 9.87. The van der Waals surface area contributed by atoms with Gasteiger partial charge in [0.25, 0.3) is 5.91 Å². The van der Waals surface area contributed by atoms with Gasteiger partial charge in [-0.1, -0.05) is 12.1 Å². The number of anilines is 2. The Balaban J connectivity index is 1.53. The zero-order chi connectivity index (χ0) is 23.4. The van der Waals surface area contributed by atoms with E-state index in [9.17, 15) is 9.59 Å². The summed E-state index contributed by atoms with van der Waals surface area (Å²) in [6.45, 7) is 0. The first-order chi connectivity index (χ1) is 16.0. The lowest BCUT2D eigenvalue weighted by Crippen LogP contribution is -2.28. The number of methoxy groups -OCH3 is 3. The van der Waals surface area contributed by atoms with Gasteiger partial charge in [0.15, 0.2) is 0 Å². The number of rotatable bonds is 7. The van der Waals surface area contributed by atoms with E-state index in [1.165, 1.54) is 0 Å². The van der Waals surface area contributed by atoms with Crippen LogP contribution in [0.1, 0.15) is 21.3 Å². The van der Waals surface area contributed by atoms with Crippen LogP contribution in [0, 0.1) is 0 Å². The smallest absolute Gasteiger partial charge is 0.255 e. The summed E-state index contributed by atoms with van der Waals surface area (Å²) < 4.78 is 15.9. The molecule has 0 aliphatic carbocycles. The highest BCUT2D eigenvalue weighted by Gasteiger charge is 2.35. The second-order valence-electron chi connectivity index (χ2n) is 7.27. The molecule has 1 aliphatic heterocycles. The molecule has 33 heavy (non-hydrogen) atoms. The predicted octanol–water partition coefficient (Wildman–Crippen LogP) is 4.74. The molecule has 4 rings (SSSR count). The minimum atomic E-state index is -0.208. The van der Waals surface area contributed by atoms with Crippen molar-refractivity contribution in [1.82, 2.24) is 0 Å². The molecule has 8 heteroatoms. The van der Waals surface area contributed by atoms with Crippen LogP contribution in [-0.4, -0.2) is 38.9 Å². The zero-order valence-corrected chi connectivity index (χ0v) is 19.3. The van der Waals surface area contributed by atoms with Crippen molar-refractivity contribution in [3.63, 3.8) is 0 Å². The number of hydrogen-bond acceptors (Lipinski definition) is 6. The van der Waals surface area contributed by atoms with Crippen LogP contribution in [-0.2, 0) is 4.79 Å². The van der Waals surface area contributed by atoms with Gasteiger partial charge in [0.05, 0.1) is 32.8 Å². The van der Waals surface area contributed by atoms with Crippen molar-refractivity contribution in [2.24, 2.45) is 0 Å². The number of carbonyl (C=O) groups excluding carboxylic acids is 2. The molecule has 1 heterocycles. The topological polar surface area (TPSA) is 77.1 Å². The van der Waals surface area contributed by atoms with Crippen LogP contribution >= 0.6 is 11.8 Å². The van der Waals surface area contributed by atoms with E-state index in [1.807, 2.05) is 36.4 Å². The molecule has 3 aromatic rings. The van der Waals surface area contributed by atoms with E-state index in [0.29, 0.717) is 39.9 Å². The summed E-state index contributed by atoms with van der Waals surface area (Å²) in [6, 6.07) is 19.8. The van der Waals surface area contributed by atoms with E-state index in [0.717, 1.165) is 5.56 Å². The monoisotopic (exact) mass is 464 g/mol. The van der Waals surface area contributed by atoms with E-state index >= 15 is 0 Å². The number of benzene rings is 3. The van der Waals surface area contributed by atoms with Crippen LogP contribution in [0.2, 0.25) is 0 Å². The SMILES string of the molecule is COc1ccc(C(=O)Nc2ccc([C@@H]3SCC(=O)N3c3ccc(OC)cc3OC)cc2)cc1. The molecule has 0 unspecified atom stereocenters. The molecule has 0 aromatic heterocycles. The maximum absolute atomic E-state index is 12.7. The maximum Gasteiger partial charge on any atom is 0.255 e. The third kappa shape index (κ3) is 4.75. The van der Waals surface area contributed by atoms with Crippen molar-refractivity contribution >= 4 is 35.0 Å². The third-order valence-corrected chi connectivity index (χ3v) is 6.53. The number of hydrogen-bond donors (Lipinski definition) is 1. The Morgan fingerprint density at radius 2 is 1.58 bits per heavy atom. The molecule has 1 atom stereocenters. The lowest BCUT2D eigenvalue weighted by Gasteiger charge is -2.26. The molecule has 0 radical (unpaired) electrons. The van der Waals surface area contributed by atoms with Crippen LogP contribution in [0.4, 0.5) is 11.4 Å². The minimum Gasteiger partial charge on any atom is -0.497 e.